The Morgan fingerprint density at radius 3 is 2.76 bits per heavy atom. The minimum absolute atomic E-state index is 0. The van der Waals surface area contributed by atoms with E-state index in [0.29, 0.717) is 18.8 Å². The molecule has 9 heteroatoms. The van der Waals surface area contributed by atoms with Crippen molar-refractivity contribution < 1.29 is 4.79 Å². The van der Waals surface area contributed by atoms with Gasteiger partial charge in [-0.1, -0.05) is 0 Å². The Bertz CT molecular complexity index is 414. The first-order valence-corrected chi connectivity index (χ1v) is 8.56. The molecule has 0 aliphatic carbocycles. The van der Waals surface area contributed by atoms with Gasteiger partial charge in [0, 0.05) is 49.5 Å². The summed E-state index contributed by atoms with van der Waals surface area (Å²) < 4.78 is 0. The monoisotopic (exact) mass is 372 g/mol. The molecule has 2 rings (SSSR count). The molecule has 21 heavy (non-hydrogen) atoms. The summed E-state index contributed by atoms with van der Waals surface area (Å²) in [4.78, 5) is 18.5. The SMILES string of the molecule is Cl.Cl.NCCc1nc(C(=O)NCCN2CCSCC2)cs1. The standard InChI is InChI=1S/C12H20N4OS2.2ClH/c13-2-1-11-15-10(9-19-11)12(17)14-3-4-16-5-7-18-8-6-16;;/h9H,1-8,13H2,(H,14,17);2*1H. The zero-order valence-electron chi connectivity index (χ0n) is 11.7. The quantitative estimate of drug-likeness (QED) is 0.786. The van der Waals surface area contributed by atoms with E-state index in [4.69, 9.17) is 5.73 Å². The Hall–Kier alpha value is -0.0500. The van der Waals surface area contributed by atoms with Gasteiger partial charge in [0.1, 0.15) is 5.69 Å². The van der Waals surface area contributed by atoms with Gasteiger partial charge in [0.25, 0.3) is 5.91 Å². The van der Waals surface area contributed by atoms with Crippen molar-refractivity contribution in [1.82, 2.24) is 15.2 Å². The topological polar surface area (TPSA) is 71.2 Å². The highest BCUT2D eigenvalue weighted by atomic mass is 35.5. The molecule has 1 amide bonds. The first-order chi connectivity index (χ1) is 9.29. The van der Waals surface area contributed by atoms with Gasteiger partial charge in [0.2, 0.25) is 0 Å². The number of thioether (sulfide) groups is 1. The third-order valence-electron chi connectivity index (χ3n) is 2.96. The van der Waals surface area contributed by atoms with Crippen LogP contribution in [0.1, 0.15) is 15.5 Å². The number of aromatic nitrogens is 1. The van der Waals surface area contributed by atoms with Gasteiger partial charge in [-0.05, 0) is 6.54 Å². The second kappa shape index (κ2) is 11.5. The lowest BCUT2D eigenvalue weighted by molar-refractivity contribution is 0.0944. The molecule has 0 bridgehead atoms. The molecule has 1 aliphatic rings. The summed E-state index contributed by atoms with van der Waals surface area (Å²) >= 11 is 3.49. The molecular weight excluding hydrogens is 351 g/mol. The number of halogens is 2. The van der Waals surface area contributed by atoms with Crippen LogP contribution in [-0.2, 0) is 6.42 Å². The van der Waals surface area contributed by atoms with Crippen LogP contribution < -0.4 is 11.1 Å². The summed E-state index contributed by atoms with van der Waals surface area (Å²) in [5.74, 6) is 2.32. The number of carbonyl (C=O) groups excluding carboxylic acids is 1. The summed E-state index contributed by atoms with van der Waals surface area (Å²) in [5, 5.41) is 5.66. The Kier molecular flexibility index (Phi) is 11.5. The highest BCUT2D eigenvalue weighted by molar-refractivity contribution is 7.99. The second-order valence-electron chi connectivity index (χ2n) is 4.38. The molecule has 1 saturated heterocycles. The van der Waals surface area contributed by atoms with Crippen LogP contribution in [0.5, 0.6) is 0 Å². The Morgan fingerprint density at radius 2 is 2.10 bits per heavy atom. The second-order valence-corrected chi connectivity index (χ2v) is 6.54. The zero-order valence-corrected chi connectivity index (χ0v) is 15.0. The summed E-state index contributed by atoms with van der Waals surface area (Å²) in [6.07, 6.45) is 0.739. The van der Waals surface area contributed by atoms with E-state index >= 15 is 0 Å². The van der Waals surface area contributed by atoms with E-state index in [1.54, 1.807) is 5.38 Å². The summed E-state index contributed by atoms with van der Waals surface area (Å²) in [6.45, 7) is 4.43. The molecule has 2 heterocycles. The van der Waals surface area contributed by atoms with Crippen molar-refractivity contribution in [2.45, 2.75) is 6.42 Å². The van der Waals surface area contributed by atoms with Crippen molar-refractivity contribution >= 4 is 53.8 Å². The van der Waals surface area contributed by atoms with Crippen LogP contribution >= 0.6 is 47.9 Å². The summed E-state index contributed by atoms with van der Waals surface area (Å²) in [6, 6.07) is 0. The van der Waals surface area contributed by atoms with Crippen molar-refractivity contribution in [3.8, 4) is 0 Å². The van der Waals surface area contributed by atoms with Gasteiger partial charge in [-0.3, -0.25) is 9.69 Å². The van der Waals surface area contributed by atoms with Crippen LogP contribution in [0.2, 0.25) is 0 Å². The van der Waals surface area contributed by atoms with Gasteiger partial charge in [0.15, 0.2) is 0 Å². The van der Waals surface area contributed by atoms with Crippen LogP contribution in [0.15, 0.2) is 5.38 Å². The molecule has 5 nitrogen and oxygen atoms in total. The van der Waals surface area contributed by atoms with Gasteiger partial charge in [0.05, 0.1) is 5.01 Å². The highest BCUT2D eigenvalue weighted by Gasteiger charge is 2.12. The van der Waals surface area contributed by atoms with Crippen LogP contribution in [0.25, 0.3) is 0 Å². The van der Waals surface area contributed by atoms with E-state index in [1.807, 2.05) is 11.8 Å². The molecule has 0 atom stereocenters. The lowest BCUT2D eigenvalue weighted by atomic mass is 10.4. The highest BCUT2D eigenvalue weighted by Crippen LogP contribution is 2.10. The zero-order chi connectivity index (χ0) is 13.5. The van der Waals surface area contributed by atoms with Crippen LogP contribution in [0, 0.1) is 0 Å². The molecule has 1 aliphatic heterocycles. The van der Waals surface area contributed by atoms with Gasteiger partial charge < -0.3 is 11.1 Å². The minimum atomic E-state index is -0.0779. The van der Waals surface area contributed by atoms with E-state index in [0.717, 1.165) is 31.1 Å². The van der Waals surface area contributed by atoms with Gasteiger partial charge in [-0.25, -0.2) is 4.98 Å². The van der Waals surface area contributed by atoms with Crippen molar-refractivity contribution in [3.05, 3.63) is 16.1 Å². The molecule has 0 spiro atoms. The van der Waals surface area contributed by atoms with Crippen LogP contribution in [0.4, 0.5) is 0 Å². The maximum absolute atomic E-state index is 11.9. The van der Waals surface area contributed by atoms with Crippen molar-refractivity contribution in [2.75, 3.05) is 44.2 Å². The van der Waals surface area contributed by atoms with E-state index in [9.17, 15) is 4.79 Å². The van der Waals surface area contributed by atoms with Gasteiger partial charge in [-0.2, -0.15) is 11.8 Å². The van der Waals surface area contributed by atoms with E-state index in [1.165, 1.54) is 22.8 Å². The number of nitrogens with two attached hydrogens (primary N) is 1. The molecule has 0 aromatic carbocycles. The molecule has 3 N–H and O–H groups in total. The third kappa shape index (κ3) is 7.17. The first-order valence-electron chi connectivity index (χ1n) is 6.52. The largest absolute Gasteiger partial charge is 0.349 e. The van der Waals surface area contributed by atoms with E-state index < -0.39 is 0 Å². The number of thiazole rings is 1. The molecule has 1 fully saturated rings. The van der Waals surface area contributed by atoms with Crippen molar-refractivity contribution in [3.63, 3.8) is 0 Å². The van der Waals surface area contributed by atoms with Gasteiger partial charge >= 0.3 is 0 Å². The normalized spacial score (nSPS) is 14.9. The number of hydrogen-bond acceptors (Lipinski definition) is 6. The molecule has 1 aromatic rings. The molecule has 0 unspecified atom stereocenters. The molecule has 0 saturated carbocycles. The fourth-order valence-corrected chi connectivity index (χ4v) is 3.67. The lowest BCUT2D eigenvalue weighted by Crippen LogP contribution is -2.39. The number of carbonyl (C=O) groups is 1. The average Bonchev–Trinajstić information content (AvgIpc) is 2.89. The third-order valence-corrected chi connectivity index (χ3v) is 4.81. The Balaban J connectivity index is 0.00000200. The fourth-order valence-electron chi connectivity index (χ4n) is 1.90. The van der Waals surface area contributed by atoms with Gasteiger partial charge in [-0.15, -0.1) is 36.2 Å². The predicted octanol–water partition coefficient (Wildman–Crippen LogP) is 1.27. The number of nitrogens with one attached hydrogen (secondary N) is 1. The summed E-state index contributed by atoms with van der Waals surface area (Å²) in [7, 11) is 0. The number of amides is 1. The average molecular weight is 373 g/mol. The van der Waals surface area contributed by atoms with Crippen LogP contribution in [-0.4, -0.2) is 60.0 Å². The maximum atomic E-state index is 11.9. The molecule has 0 radical (unpaired) electrons. The van der Waals surface area contributed by atoms with Crippen molar-refractivity contribution in [1.29, 1.82) is 0 Å². The van der Waals surface area contributed by atoms with Crippen molar-refractivity contribution in [2.24, 2.45) is 5.73 Å². The van der Waals surface area contributed by atoms with E-state index in [-0.39, 0.29) is 30.7 Å². The molecular formula is C12H22Cl2N4OS2. The minimum Gasteiger partial charge on any atom is -0.349 e. The first kappa shape index (κ1) is 20.9. The Labute approximate surface area is 146 Å². The predicted molar refractivity (Wildman–Crippen MR) is 95.5 cm³/mol. The number of hydrogen-bond donors (Lipinski definition) is 2. The molecule has 122 valence electrons. The lowest BCUT2D eigenvalue weighted by Gasteiger charge is -2.25. The fraction of sp³-hybridized carbons (Fsp3) is 0.667. The molecule has 1 aromatic heterocycles. The smallest absolute Gasteiger partial charge is 0.270 e. The van der Waals surface area contributed by atoms with Crippen LogP contribution in [0.3, 0.4) is 0 Å². The summed E-state index contributed by atoms with van der Waals surface area (Å²) in [5.41, 5.74) is 5.98. The number of rotatable bonds is 6. The van der Waals surface area contributed by atoms with E-state index in [2.05, 4.69) is 15.2 Å². The maximum Gasteiger partial charge on any atom is 0.270 e. The Morgan fingerprint density at radius 1 is 1.38 bits per heavy atom. The number of nitrogens with zero attached hydrogens (tertiary/aromatic N) is 2.